The summed E-state index contributed by atoms with van der Waals surface area (Å²) in [6.07, 6.45) is 4.66. The summed E-state index contributed by atoms with van der Waals surface area (Å²) in [4.78, 5) is 60.3. The maximum absolute atomic E-state index is 12.8. The first kappa shape index (κ1) is 47.1. The average molecular weight is 819 g/mol. The number of hydrogen-bond donors (Lipinski definition) is 0. The topological polar surface area (TPSA) is 178 Å². The molecule has 15 heteroatoms. The third-order valence-corrected chi connectivity index (χ3v) is 7.78. The molecule has 3 aromatic rings. The van der Waals surface area contributed by atoms with E-state index < -0.39 is 42.1 Å². The van der Waals surface area contributed by atoms with Gasteiger partial charge in [-0.05, 0) is 98.5 Å². The largest absolute Gasteiger partial charge is 0.490 e. The molecule has 3 aromatic carbocycles. The Bertz CT molecular complexity index is 1790. The molecule has 316 valence electrons. The van der Waals surface area contributed by atoms with Crippen LogP contribution in [0.15, 0.2) is 111 Å². The molecular formula is C44H50O15. The van der Waals surface area contributed by atoms with E-state index in [-0.39, 0.29) is 55.7 Å². The Morgan fingerprint density at radius 2 is 0.864 bits per heavy atom. The van der Waals surface area contributed by atoms with Crippen molar-refractivity contribution in [1.82, 2.24) is 0 Å². The first-order chi connectivity index (χ1) is 28.6. The Kier molecular flexibility index (Phi) is 21.8. The number of benzene rings is 3. The van der Waals surface area contributed by atoms with E-state index >= 15 is 0 Å². The summed E-state index contributed by atoms with van der Waals surface area (Å²) in [7, 11) is 1.63. The third kappa shape index (κ3) is 19.1. The highest BCUT2D eigenvalue weighted by Crippen LogP contribution is 2.21. The number of carbonyl (C=O) groups excluding carboxylic acids is 5. The number of esters is 5. The summed E-state index contributed by atoms with van der Waals surface area (Å²) in [5.74, 6) is -1.65. The van der Waals surface area contributed by atoms with Gasteiger partial charge in [0, 0.05) is 45.2 Å². The van der Waals surface area contributed by atoms with Crippen molar-refractivity contribution in [2.45, 2.75) is 37.9 Å². The Morgan fingerprint density at radius 3 is 1.25 bits per heavy atom. The van der Waals surface area contributed by atoms with Crippen LogP contribution in [0.5, 0.6) is 23.0 Å². The lowest BCUT2D eigenvalue weighted by atomic mass is 10.1. The van der Waals surface area contributed by atoms with Crippen LogP contribution >= 0.6 is 0 Å². The van der Waals surface area contributed by atoms with Crippen LogP contribution in [0, 0.1) is 0 Å². The minimum Gasteiger partial charge on any atom is -0.490 e. The first-order valence-corrected chi connectivity index (χ1v) is 18.7. The monoisotopic (exact) mass is 818 g/mol. The molecule has 0 aliphatic carbocycles. The molecule has 0 saturated heterocycles. The fourth-order valence-corrected chi connectivity index (χ4v) is 4.74. The molecule has 0 bridgehead atoms. The molecule has 0 aromatic heterocycles. The Morgan fingerprint density at radius 1 is 0.492 bits per heavy atom. The predicted molar refractivity (Wildman–Crippen MR) is 214 cm³/mol. The van der Waals surface area contributed by atoms with Gasteiger partial charge in [0.1, 0.15) is 36.2 Å². The van der Waals surface area contributed by atoms with Gasteiger partial charge in [-0.2, -0.15) is 0 Å². The van der Waals surface area contributed by atoms with Crippen LogP contribution in [0.3, 0.4) is 0 Å². The summed E-state index contributed by atoms with van der Waals surface area (Å²) in [6, 6.07) is 18.3. The molecule has 15 nitrogen and oxygen atoms in total. The molecular weight excluding hydrogens is 768 g/mol. The molecule has 59 heavy (non-hydrogen) atoms. The van der Waals surface area contributed by atoms with Crippen LogP contribution in [-0.4, -0.2) is 102 Å². The second kappa shape index (κ2) is 27.4. The molecule has 0 radical (unpaired) electrons. The van der Waals surface area contributed by atoms with E-state index in [1.807, 2.05) is 0 Å². The van der Waals surface area contributed by atoms with Gasteiger partial charge in [0.25, 0.3) is 0 Å². The highest BCUT2D eigenvalue weighted by Gasteiger charge is 2.17. The second-order valence-electron chi connectivity index (χ2n) is 12.4. The summed E-state index contributed by atoms with van der Waals surface area (Å²) in [6.45, 7) is 12.1. The van der Waals surface area contributed by atoms with E-state index in [4.69, 9.17) is 47.4 Å². The third-order valence-electron chi connectivity index (χ3n) is 7.78. The molecule has 3 rings (SSSR count). The summed E-state index contributed by atoms with van der Waals surface area (Å²) < 4.78 is 54.3. The van der Waals surface area contributed by atoms with Crippen molar-refractivity contribution in [3.63, 3.8) is 0 Å². The molecule has 0 fully saturated rings. The van der Waals surface area contributed by atoms with Crippen LogP contribution < -0.4 is 18.9 Å². The Labute approximate surface area is 343 Å². The smallest absolute Gasteiger partial charge is 0.343 e. The van der Waals surface area contributed by atoms with Gasteiger partial charge in [-0.25, -0.2) is 24.0 Å². The number of hydrogen-bond acceptors (Lipinski definition) is 15. The molecule has 0 aliphatic rings. The van der Waals surface area contributed by atoms with Crippen molar-refractivity contribution < 1.29 is 71.3 Å². The first-order valence-electron chi connectivity index (χ1n) is 18.7. The average Bonchev–Trinajstić information content (AvgIpc) is 3.25. The molecule has 0 N–H and O–H groups in total. The summed E-state index contributed by atoms with van der Waals surface area (Å²) >= 11 is 0. The molecule has 2 atom stereocenters. The maximum atomic E-state index is 12.8. The lowest BCUT2D eigenvalue weighted by molar-refractivity contribution is -0.148. The zero-order chi connectivity index (χ0) is 42.7. The molecule has 0 aliphatic heterocycles. The van der Waals surface area contributed by atoms with Crippen LogP contribution in [-0.2, 0) is 42.8 Å². The predicted octanol–water partition coefficient (Wildman–Crippen LogP) is 6.05. The van der Waals surface area contributed by atoms with E-state index in [1.165, 1.54) is 36.4 Å². The maximum Gasteiger partial charge on any atom is 0.343 e. The van der Waals surface area contributed by atoms with Crippen molar-refractivity contribution in [1.29, 1.82) is 0 Å². The van der Waals surface area contributed by atoms with Gasteiger partial charge in [0.15, 0.2) is 12.2 Å². The number of unbranched alkanes of at least 4 members (excludes halogenated alkanes) is 2. The quantitative estimate of drug-likeness (QED) is 0.0260. The van der Waals surface area contributed by atoms with E-state index in [1.54, 1.807) is 43.5 Å². The zero-order valence-electron chi connectivity index (χ0n) is 33.0. The van der Waals surface area contributed by atoms with Crippen molar-refractivity contribution in [2.75, 3.05) is 60.0 Å². The Balaban J connectivity index is 1.43. The van der Waals surface area contributed by atoms with Gasteiger partial charge >= 0.3 is 29.8 Å². The fraction of sp³-hybridized carbons (Fsp3) is 0.341. The van der Waals surface area contributed by atoms with E-state index in [0.29, 0.717) is 44.2 Å². The fourth-order valence-electron chi connectivity index (χ4n) is 4.74. The van der Waals surface area contributed by atoms with E-state index in [2.05, 4.69) is 19.7 Å². The van der Waals surface area contributed by atoms with Gasteiger partial charge in [-0.15, -0.1) is 0 Å². The van der Waals surface area contributed by atoms with Gasteiger partial charge in [-0.3, -0.25) is 0 Å². The van der Waals surface area contributed by atoms with Crippen molar-refractivity contribution in [3.8, 4) is 23.0 Å². The van der Waals surface area contributed by atoms with E-state index in [9.17, 15) is 24.0 Å². The minimum atomic E-state index is -0.730. The number of rotatable bonds is 29. The van der Waals surface area contributed by atoms with Gasteiger partial charge < -0.3 is 47.4 Å². The van der Waals surface area contributed by atoms with Crippen molar-refractivity contribution >= 4 is 29.8 Å². The normalized spacial score (nSPS) is 11.5. The molecule has 2 unspecified atom stereocenters. The molecule has 0 amide bonds. The number of ether oxygens (including phenoxy) is 10. The molecule has 0 heterocycles. The highest BCUT2D eigenvalue weighted by atomic mass is 16.6. The lowest BCUT2D eigenvalue weighted by Gasteiger charge is -2.18. The minimum absolute atomic E-state index is 0.0197. The number of carbonyl (C=O) groups is 5. The lowest BCUT2D eigenvalue weighted by Crippen LogP contribution is -2.29. The SMILES string of the molecule is C=CC(=O)OCCCCOCC(COc1ccc(OC(=O)c2ccc(C(=O)Oc3ccc(OCC(COCCCCOC)OC(=O)C=C)cc3)cc2)cc1)OC(=O)C=C. The van der Waals surface area contributed by atoms with Crippen LogP contribution in [0.1, 0.15) is 46.4 Å². The van der Waals surface area contributed by atoms with Gasteiger partial charge in [-0.1, -0.05) is 19.7 Å². The standard InChI is InChI=1S/C44H50O15/c1-5-40(45)53-27-11-10-26-52-29-39(57-42(47)7-3)31-55-35-18-22-37(23-19-35)59-44(49)33-14-12-32(13-15-33)43(48)58-36-20-16-34(17-21-36)54-30-38(56-41(46)6-2)28-51-25-9-8-24-50-4/h5-7,12-23,38-39H,1-3,8-11,24-31H2,4H3. The second-order valence-corrected chi connectivity index (χ2v) is 12.4. The molecule has 0 saturated carbocycles. The summed E-state index contributed by atoms with van der Waals surface area (Å²) in [5, 5.41) is 0. The van der Waals surface area contributed by atoms with Gasteiger partial charge in [0.2, 0.25) is 0 Å². The Hall–Kier alpha value is -6.29. The number of methoxy groups -OCH3 is 1. The van der Waals surface area contributed by atoms with Crippen molar-refractivity contribution in [2.24, 2.45) is 0 Å². The van der Waals surface area contributed by atoms with Crippen molar-refractivity contribution in [3.05, 3.63) is 122 Å². The van der Waals surface area contributed by atoms with Crippen LogP contribution in [0.25, 0.3) is 0 Å². The van der Waals surface area contributed by atoms with Crippen LogP contribution in [0.2, 0.25) is 0 Å². The molecule has 0 spiro atoms. The zero-order valence-corrected chi connectivity index (χ0v) is 33.0. The van der Waals surface area contributed by atoms with E-state index in [0.717, 1.165) is 31.1 Å². The van der Waals surface area contributed by atoms with Crippen LogP contribution in [0.4, 0.5) is 0 Å². The highest BCUT2D eigenvalue weighted by molar-refractivity contribution is 5.95. The summed E-state index contributed by atoms with van der Waals surface area (Å²) in [5.41, 5.74) is 0.396. The van der Waals surface area contributed by atoms with Gasteiger partial charge in [0.05, 0.1) is 30.9 Å².